The predicted octanol–water partition coefficient (Wildman–Crippen LogP) is 8.66. The first-order chi connectivity index (χ1) is 19.2. The zero-order chi connectivity index (χ0) is 25.9. The van der Waals surface area contributed by atoms with E-state index in [9.17, 15) is 4.39 Å². The highest BCUT2D eigenvalue weighted by Crippen LogP contribution is 2.42. The second-order valence-corrected chi connectivity index (χ2v) is 10.0. The van der Waals surface area contributed by atoms with Crippen molar-refractivity contribution in [3.63, 3.8) is 0 Å². The number of rotatable bonds is 4. The normalized spacial score (nSPS) is 11.9. The monoisotopic (exact) mass is 506 g/mol. The molecule has 0 saturated carbocycles. The summed E-state index contributed by atoms with van der Waals surface area (Å²) in [4.78, 5) is 15.9. The SMILES string of the molecule is Fc1ccc(-c2nc(C(c3c[nH]c4ccccc34)c3c[nH]c4ccccc34)cc3c2[nH]c2ccccc23)cc1. The molecule has 39 heavy (non-hydrogen) atoms. The maximum Gasteiger partial charge on any atom is 0.123 e. The molecule has 0 atom stereocenters. The molecular formula is C34H23FN4. The number of pyridine rings is 1. The van der Waals surface area contributed by atoms with Gasteiger partial charge in [0.25, 0.3) is 0 Å². The zero-order valence-corrected chi connectivity index (χ0v) is 20.9. The number of H-pyrrole nitrogens is 3. The molecule has 4 aromatic carbocycles. The summed E-state index contributed by atoms with van der Waals surface area (Å²) in [6.07, 6.45) is 4.21. The van der Waals surface area contributed by atoms with Crippen LogP contribution in [0.15, 0.2) is 116 Å². The summed E-state index contributed by atoms with van der Waals surface area (Å²) in [6, 6.07) is 33.9. The Morgan fingerprint density at radius 2 is 1.15 bits per heavy atom. The Bertz CT molecular complexity index is 2070. The second-order valence-electron chi connectivity index (χ2n) is 10.0. The molecule has 0 aliphatic heterocycles. The van der Waals surface area contributed by atoms with Gasteiger partial charge >= 0.3 is 0 Å². The molecule has 0 aliphatic rings. The standard InChI is InChI=1S/C34H23FN4/c35-21-15-13-20(14-16-21)33-34-25(22-7-3-6-12-30(22)38-34)17-31(39-33)32(26-18-36-28-10-4-1-8-23(26)28)27-19-37-29-11-5-2-9-24(27)29/h1-19,32,36-38H. The molecule has 4 aromatic heterocycles. The highest BCUT2D eigenvalue weighted by molar-refractivity contribution is 6.11. The van der Waals surface area contributed by atoms with Gasteiger partial charge in [0.15, 0.2) is 0 Å². The van der Waals surface area contributed by atoms with Crippen LogP contribution in [0.1, 0.15) is 22.7 Å². The van der Waals surface area contributed by atoms with Gasteiger partial charge < -0.3 is 15.0 Å². The molecular weight excluding hydrogens is 483 g/mol. The Hall–Kier alpha value is -5.16. The van der Waals surface area contributed by atoms with Gasteiger partial charge in [-0.3, -0.25) is 0 Å². The van der Waals surface area contributed by atoms with E-state index < -0.39 is 0 Å². The number of nitrogens with one attached hydrogen (secondary N) is 3. The fraction of sp³-hybridized carbons (Fsp3) is 0.0294. The third-order valence-corrected chi connectivity index (χ3v) is 7.79. The molecule has 3 N–H and O–H groups in total. The second kappa shape index (κ2) is 8.43. The van der Waals surface area contributed by atoms with Gasteiger partial charge in [-0.25, -0.2) is 9.37 Å². The summed E-state index contributed by atoms with van der Waals surface area (Å²) < 4.78 is 13.9. The van der Waals surface area contributed by atoms with Gasteiger partial charge in [0.05, 0.1) is 22.8 Å². The van der Waals surface area contributed by atoms with Gasteiger partial charge in [0, 0.05) is 56.1 Å². The highest BCUT2D eigenvalue weighted by atomic mass is 19.1. The maximum absolute atomic E-state index is 13.9. The minimum Gasteiger partial charge on any atom is -0.361 e. The summed E-state index contributed by atoms with van der Waals surface area (Å²) in [5.74, 6) is -0.409. The molecule has 4 nitrogen and oxygen atoms in total. The molecule has 0 bridgehead atoms. The first kappa shape index (κ1) is 21.9. The third kappa shape index (κ3) is 3.40. The summed E-state index contributed by atoms with van der Waals surface area (Å²) in [5.41, 5.74) is 9.09. The largest absolute Gasteiger partial charge is 0.361 e. The molecule has 8 aromatic rings. The van der Waals surface area contributed by atoms with Crippen LogP contribution >= 0.6 is 0 Å². The van der Waals surface area contributed by atoms with Crippen LogP contribution in [-0.2, 0) is 0 Å². The topological polar surface area (TPSA) is 60.3 Å². The lowest BCUT2D eigenvalue weighted by Crippen LogP contribution is -2.06. The van der Waals surface area contributed by atoms with Crippen LogP contribution in [-0.4, -0.2) is 19.9 Å². The Kier molecular flexibility index (Phi) is 4.73. The molecule has 0 amide bonds. The highest BCUT2D eigenvalue weighted by Gasteiger charge is 2.26. The van der Waals surface area contributed by atoms with Crippen molar-refractivity contribution < 1.29 is 4.39 Å². The van der Waals surface area contributed by atoms with Crippen molar-refractivity contribution in [2.75, 3.05) is 0 Å². The smallest absolute Gasteiger partial charge is 0.123 e. The van der Waals surface area contributed by atoms with Gasteiger partial charge in [-0.15, -0.1) is 0 Å². The lowest BCUT2D eigenvalue weighted by molar-refractivity contribution is 0.628. The first-order valence-corrected chi connectivity index (χ1v) is 13.0. The number of aromatic amines is 3. The Balaban J connectivity index is 1.48. The molecule has 0 spiro atoms. The number of halogens is 1. The number of aromatic nitrogens is 4. The van der Waals surface area contributed by atoms with E-state index in [-0.39, 0.29) is 11.7 Å². The average Bonchev–Trinajstić information content (AvgIpc) is 3.70. The third-order valence-electron chi connectivity index (χ3n) is 7.79. The lowest BCUT2D eigenvalue weighted by atomic mass is 9.86. The van der Waals surface area contributed by atoms with E-state index in [2.05, 4.69) is 88.0 Å². The number of para-hydroxylation sites is 3. The van der Waals surface area contributed by atoms with Crippen molar-refractivity contribution in [1.82, 2.24) is 19.9 Å². The van der Waals surface area contributed by atoms with Crippen LogP contribution in [0, 0.1) is 5.82 Å². The number of nitrogens with zero attached hydrogens (tertiary/aromatic N) is 1. The van der Waals surface area contributed by atoms with Gasteiger partial charge in [0.2, 0.25) is 0 Å². The molecule has 0 radical (unpaired) electrons. The summed E-state index contributed by atoms with van der Waals surface area (Å²) in [7, 11) is 0. The van der Waals surface area contributed by atoms with E-state index in [0.29, 0.717) is 0 Å². The van der Waals surface area contributed by atoms with Crippen LogP contribution in [0.25, 0.3) is 54.9 Å². The van der Waals surface area contributed by atoms with Crippen molar-refractivity contribution >= 4 is 43.6 Å². The first-order valence-electron chi connectivity index (χ1n) is 13.0. The lowest BCUT2D eigenvalue weighted by Gasteiger charge is -2.18. The van der Waals surface area contributed by atoms with Crippen LogP contribution in [0.5, 0.6) is 0 Å². The number of fused-ring (bicyclic) bond motifs is 5. The predicted molar refractivity (Wildman–Crippen MR) is 157 cm³/mol. The fourth-order valence-electron chi connectivity index (χ4n) is 5.98. The zero-order valence-electron chi connectivity index (χ0n) is 20.9. The van der Waals surface area contributed by atoms with Crippen LogP contribution in [0.3, 0.4) is 0 Å². The molecule has 5 heteroatoms. The minimum atomic E-state index is -0.266. The molecule has 0 saturated heterocycles. The molecule has 0 aliphatic carbocycles. The van der Waals surface area contributed by atoms with Crippen molar-refractivity contribution in [2.45, 2.75) is 5.92 Å². The van der Waals surface area contributed by atoms with E-state index in [4.69, 9.17) is 4.98 Å². The van der Waals surface area contributed by atoms with E-state index in [1.807, 2.05) is 18.2 Å². The summed E-state index contributed by atoms with van der Waals surface area (Å²) in [6.45, 7) is 0. The van der Waals surface area contributed by atoms with Crippen LogP contribution < -0.4 is 0 Å². The van der Waals surface area contributed by atoms with Gasteiger partial charge in [-0.2, -0.15) is 0 Å². The summed E-state index contributed by atoms with van der Waals surface area (Å²) in [5, 5.41) is 4.56. The number of hydrogen-bond donors (Lipinski definition) is 3. The Labute approximate surface area is 223 Å². The Morgan fingerprint density at radius 3 is 1.79 bits per heavy atom. The van der Waals surface area contributed by atoms with Crippen molar-refractivity contribution in [3.8, 4) is 11.3 Å². The van der Waals surface area contributed by atoms with Crippen LogP contribution in [0.4, 0.5) is 4.39 Å². The number of benzene rings is 4. The minimum absolute atomic E-state index is 0.144. The van der Waals surface area contributed by atoms with Crippen molar-refractivity contribution in [1.29, 1.82) is 0 Å². The van der Waals surface area contributed by atoms with E-state index >= 15 is 0 Å². The average molecular weight is 507 g/mol. The summed E-state index contributed by atoms with van der Waals surface area (Å²) >= 11 is 0. The van der Waals surface area contributed by atoms with Crippen molar-refractivity contribution in [3.05, 3.63) is 138 Å². The van der Waals surface area contributed by atoms with Gasteiger partial charge in [0.1, 0.15) is 5.82 Å². The molecule has 0 unspecified atom stereocenters. The van der Waals surface area contributed by atoms with Gasteiger partial charge in [-0.1, -0.05) is 54.6 Å². The molecule has 4 heterocycles. The quantitative estimate of drug-likeness (QED) is 0.220. The molecule has 186 valence electrons. The fourth-order valence-corrected chi connectivity index (χ4v) is 5.98. The van der Waals surface area contributed by atoms with E-state index in [1.165, 1.54) is 12.1 Å². The maximum atomic E-state index is 13.9. The van der Waals surface area contributed by atoms with E-state index in [0.717, 1.165) is 71.7 Å². The molecule has 8 rings (SSSR count). The van der Waals surface area contributed by atoms with E-state index in [1.54, 1.807) is 12.1 Å². The van der Waals surface area contributed by atoms with Crippen LogP contribution in [0.2, 0.25) is 0 Å². The van der Waals surface area contributed by atoms with Gasteiger partial charge in [-0.05, 0) is 59.7 Å². The number of hydrogen-bond acceptors (Lipinski definition) is 1. The molecule has 0 fully saturated rings. The van der Waals surface area contributed by atoms with Crippen molar-refractivity contribution in [2.24, 2.45) is 0 Å². The Morgan fingerprint density at radius 1 is 0.590 bits per heavy atom.